The van der Waals surface area contributed by atoms with Gasteiger partial charge in [0.15, 0.2) is 0 Å². The first-order valence-electron chi connectivity index (χ1n) is 12.7. The maximum atomic E-state index is 13.5. The molecule has 3 amide bonds. The molecule has 0 bridgehead atoms. The molecule has 5 unspecified atom stereocenters. The molecular formula is C24H37N3O7S. The number of sulfonamides is 1. The summed E-state index contributed by atoms with van der Waals surface area (Å²) in [5.41, 5.74) is -1.32. The fraction of sp³-hybridized carbons (Fsp3) is 0.792. The van der Waals surface area contributed by atoms with Crippen LogP contribution >= 0.6 is 0 Å². The van der Waals surface area contributed by atoms with Gasteiger partial charge >= 0.3 is 0 Å². The van der Waals surface area contributed by atoms with Crippen LogP contribution in [0.4, 0.5) is 0 Å². The molecule has 0 aromatic rings. The van der Waals surface area contributed by atoms with Crippen LogP contribution in [0.2, 0.25) is 0 Å². The largest absolute Gasteiger partial charge is 0.356 e. The Bertz CT molecular complexity index is 964. The standard InChI is InChI=1S/C24H37N3O7S/c1-3-33-15-34-17-12-19-20(13-17)22(29)27(2)11-7-5-4-6-8-16-14-24(16,25-21(19)28)23(30)26-35(31,32)18-9-10-18/h6,8,16-20H,3-5,7,9-15H2,1-2H3,(H,25,28)(H,26,30)/b8-6-. The summed E-state index contributed by atoms with van der Waals surface area (Å²) in [6.07, 6.45) is 8.20. The second-order valence-electron chi connectivity index (χ2n) is 10.2. The second-order valence-corrected chi connectivity index (χ2v) is 12.2. The molecule has 0 aromatic heterocycles. The first kappa shape index (κ1) is 26.1. The van der Waals surface area contributed by atoms with E-state index in [4.69, 9.17) is 9.47 Å². The summed E-state index contributed by atoms with van der Waals surface area (Å²) >= 11 is 0. The van der Waals surface area contributed by atoms with Crippen molar-refractivity contribution in [1.29, 1.82) is 0 Å². The van der Waals surface area contributed by atoms with Crippen molar-refractivity contribution >= 4 is 27.7 Å². The van der Waals surface area contributed by atoms with E-state index < -0.39 is 44.5 Å². The Morgan fingerprint density at radius 1 is 1.23 bits per heavy atom. The van der Waals surface area contributed by atoms with Crippen LogP contribution in [0, 0.1) is 17.8 Å². The third-order valence-corrected chi connectivity index (χ3v) is 9.41. The number of nitrogens with one attached hydrogen (secondary N) is 2. The van der Waals surface area contributed by atoms with Crippen LogP contribution in [-0.4, -0.2) is 74.9 Å². The number of ether oxygens (including phenoxy) is 2. The molecule has 35 heavy (non-hydrogen) atoms. The Hall–Kier alpha value is -1.98. The predicted molar refractivity (Wildman–Crippen MR) is 127 cm³/mol. The smallest absolute Gasteiger partial charge is 0.259 e. The Labute approximate surface area is 207 Å². The van der Waals surface area contributed by atoms with E-state index in [0.717, 1.165) is 19.3 Å². The van der Waals surface area contributed by atoms with E-state index in [1.165, 1.54) is 0 Å². The first-order chi connectivity index (χ1) is 16.7. The van der Waals surface area contributed by atoms with Crippen molar-refractivity contribution in [1.82, 2.24) is 14.9 Å². The Balaban J connectivity index is 1.56. The number of carbonyl (C=O) groups excluding carboxylic acids is 3. The van der Waals surface area contributed by atoms with Gasteiger partial charge < -0.3 is 19.7 Å². The lowest BCUT2D eigenvalue weighted by Crippen LogP contribution is -2.54. The molecule has 0 radical (unpaired) electrons. The lowest BCUT2D eigenvalue weighted by Gasteiger charge is -2.26. The molecule has 1 aliphatic heterocycles. The maximum Gasteiger partial charge on any atom is 0.259 e. The minimum absolute atomic E-state index is 0.0878. The zero-order chi connectivity index (χ0) is 25.2. The molecule has 0 spiro atoms. The SMILES string of the molecule is CCOCOC1CC2C(=O)NC3(C(=O)NS(=O)(=O)C4CC4)CC3/C=C\CCCCN(C)C(=O)C2C1. The van der Waals surface area contributed by atoms with Gasteiger partial charge in [-0.3, -0.25) is 19.1 Å². The highest BCUT2D eigenvalue weighted by atomic mass is 32.2. The molecular weight excluding hydrogens is 474 g/mol. The fourth-order valence-corrected chi connectivity index (χ4v) is 6.52. The zero-order valence-corrected chi connectivity index (χ0v) is 21.3. The maximum absolute atomic E-state index is 13.5. The van der Waals surface area contributed by atoms with E-state index in [1.807, 2.05) is 19.1 Å². The van der Waals surface area contributed by atoms with Crippen LogP contribution in [0.1, 0.15) is 58.3 Å². The molecule has 10 nitrogen and oxygen atoms in total. The van der Waals surface area contributed by atoms with E-state index in [2.05, 4.69) is 10.0 Å². The average Bonchev–Trinajstić information content (AvgIpc) is 3.73. The molecule has 196 valence electrons. The van der Waals surface area contributed by atoms with E-state index in [1.54, 1.807) is 11.9 Å². The van der Waals surface area contributed by atoms with Crippen molar-refractivity contribution in [2.75, 3.05) is 27.0 Å². The molecule has 2 N–H and O–H groups in total. The summed E-state index contributed by atoms with van der Waals surface area (Å²) in [5.74, 6) is -2.74. The van der Waals surface area contributed by atoms with E-state index in [9.17, 15) is 22.8 Å². The van der Waals surface area contributed by atoms with Crippen LogP contribution in [-0.2, 0) is 33.9 Å². The Kier molecular flexibility index (Phi) is 7.87. The van der Waals surface area contributed by atoms with Crippen LogP contribution in [0.15, 0.2) is 12.2 Å². The molecule has 4 aliphatic rings. The molecule has 4 rings (SSSR count). The minimum Gasteiger partial charge on any atom is -0.356 e. The van der Waals surface area contributed by atoms with Crippen LogP contribution in [0.5, 0.6) is 0 Å². The van der Waals surface area contributed by atoms with Gasteiger partial charge in [0, 0.05) is 26.1 Å². The molecule has 0 saturated heterocycles. The Morgan fingerprint density at radius 3 is 2.69 bits per heavy atom. The van der Waals surface area contributed by atoms with Crippen molar-refractivity contribution in [2.24, 2.45) is 17.8 Å². The number of carbonyl (C=O) groups is 3. The third-order valence-electron chi connectivity index (χ3n) is 7.59. The van der Waals surface area contributed by atoms with Crippen LogP contribution in [0.3, 0.4) is 0 Å². The normalized spacial score (nSPS) is 34.9. The highest BCUT2D eigenvalue weighted by molar-refractivity contribution is 7.91. The molecule has 1 heterocycles. The quantitative estimate of drug-likeness (QED) is 0.297. The summed E-state index contributed by atoms with van der Waals surface area (Å²) in [6, 6.07) is 0. The summed E-state index contributed by atoms with van der Waals surface area (Å²) in [7, 11) is -2.00. The second kappa shape index (κ2) is 10.6. The average molecular weight is 512 g/mol. The topological polar surface area (TPSA) is 131 Å². The fourth-order valence-electron chi connectivity index (χ4n) is 5.16. The van der Waals surface area contributed by atoms with Gasteiger partial charge in [-0.2, -0.15) is 0 Å². The summed E-state index contributed by atoms with van der Waals surface area (Å²) in [6.45, 7) is 3.05. The van der Waals surface area contributed by atoms with Gasteiger partial charge in [0.25, 0.3) is 5.91 Å². The number of nitrogens with zero attached hydrogens (tertiary/aromatic N) is 1. The molecule has 0 aromatic carbocycles. The lowest BCUT2D eigenvalue weighted by atomic mass is 9.93. The van der Waals surface area contributed by atoms with Crippen molar-refractivity contribution in [3.8, 4) is 0 Å². The summed E-state index contributed by atoms with van der Waals surface area (Å²) < 4.78 is 38.1. The van der Waals surface area contributed by atoms with Gasteiger partial charge in [0.05, 0.1) is 23.2 Å². The molecule has 5 atom stereocenters. The minimum atomic E-state index is -3.75. The predicted octanol–water partition coefficient (Wildman–Crippen LogP) is 1.07. The highest BCUT2D eigenvalue weighted by Crippen LogP contribution is 2.47. The van der Waals surface area contributed by atoms with Gasteiger partial charge in [0.2, 0.25) is 21.8 Å². The van der Waals surface area contributed by atoms with Crippen molar-refractivity contribution in [2.45, 2.75) is 75.2 Å². The highest BCUT2D eigenvalue weighted by Gasteiger charge is 2.62. The number of fused-ring (bicyclic) bond motifs is 2. The monoisotopic (exact) mass is 511 g/mol. The van der Waals surface area contributed by atoms with Crippen molar-refractivity contribution < 1.29 is 32.3 Å². The number of rotatable bonds is 7. The van der Waals surface area contributed by atoms with Gasteiger partial charge in [0.1, 0.15) is 12.3 Å². The Morgan fingerprint density at radius 2 is 1.97 bits per heavy atom. The van der Waals surface area contributed by atoms with Gasteiger partial charge in [-0.05, 0) is 58.3 Å². The molecule has 3 aliphatic carbocycles. The van der Waals surface area contributed by atoms with Crippen molar-refractivity contribution in [3.05, 3.63) is 12.2 Å². The number of hydrogen-bond acceptors (Lipinski definition) is 7. The first-order valence-corrected chi connectivity index (χ1v) is 14.2. The number of allylic oxidation sites excluding steroid dienone is 1. The van der Waals surface area contributed by atoms with Crippen LogP contribution in [0.25, 0.3) is 0 Å². The molecule has 3 fully saturated rings. The molecule has 11 heteroatoms. The third kappa shape index (κ3) is 5.89. The molecule has 3 saturated carbocycles. The number of amides is 3. The summed E-state index contributed by atoms with van der Waals surface area (Å²) in [4.78, 5) is 41.7. The zero-order valence-electron chi connectivity index (χ0n) is 20.5. The van der Waals surface area contributed by atoms with Crippen LogP contribution < -0.4 is 10.0 Å². The van der Waals surface area contributed by atoms with E-state index in [0.29, 0.717) is 45.3 Å². The van der Waals surface area contributed by atoms with Crippen molar-refractivity contribution in [3.63, 3.8) is 0 Å². The summed E-state index contributed by atoms with van der Waals surface area (Å²) in [5, 5.41) is 2.33. The van der Waals surface area contributed by atoms with Gasteiger partial charge in [-0.15, -0.1) is 0 Å². The van der Waals surface area contributed by atoms with Gasteiger partial charge in [-0.25, -0.2) is 8.42 Å². The number of hydrogen-bond donors (Lipinski definition) is 2. The lowest BCUT2D eigenvalue weighted by molar-refractivity contribution is -0.140. The van der Waals surface area contributed by atoms with Gasteiger partial charge in [-0.1, -0.05) is 12.2 Å². The van der Waals surface area contributed by atoms with E-state index in [-0.39, 0.29) is 24.7 Å². The van der Waals surface area contributed by atoms with E-state index >= 15 is 0 Å².